The summed E-state index contributed by atoms with van der Waals surface area (Å²) in [7, 11) is 0. The highest BCUT2D eigenvalue weighted by Crippen LogP contribution is 2.19. The molecule has 0 spiro atoms. The molecule has 0 heterocycles. The summed E-state index contributed by atoms with van der Waals surface area (Å²) < 4.78 is 0. The van der Waals surface area contributed by atoms with Crippen LogP contribution in [0.4, 0.5) is 0 Å². The van der Waals surface area contributed by atoms with Crippen LogP contribution < -0.4 is 5.73 Å². The van der Waals surface area contributed by atoms with Crippen LogP contribution in [0.25, 0.3) is 0 Å². The van der Waals surface area contributed by atoms with E-state index >= 15 is 0 Å². The molecule has 0 aliphatic carbocycles. The lowest BCUT2D eigenvalue weighted by Crippen LogP contribution is -2.29. The average Bonchev–Trinajstić information content (AvgIpc) is 2.40. The molecule has 1 aromatic carbocycles. The lowest BCUT2D eigenvalue weighted by Gasteiger charge is -2.20. The van der Waals surface area contributed by atoms with Crippen molar-refractivity contribution in [2.75, 3.05) is 26.3 Å². The Hall–Kier alpha value is -1.34. The van der Waals surface area contributed by atoms with Gasteiger partial charge in [-0.25, -0.2) is 0 Å². The van der Waals surface area contributed by atoms with Gasteiger partial charge in [-0.1, -0.05) is 28.9 Å². The largest absolute Gasteiger partial charge is 0.409 e. The van der Waals surface area contributed by atoms with Crippen LogP contribution in [0.3, 0.4) is 0 Å². The van der Waals surface area contributed by atoms with E-state index in [2.05, 4.69) is 5.16 Å². The molecule has 0 saturated carbocycles. The standard InChI is InChI=1S/C12H18ClN3O3/c13-11-7-9(12(14)15-19)1-2-10(11)8-16(3-5-17)4-6-18/h1-2,7,17-19H,3-6,8H2,(H2,14,15). The maximum Gasteiger partial charge on any atom is 0.170 e. The lowest BCUT2D eigenvalue weighted by atomic mass is 10.1. The zero-order chi connectivity index (χ0) is 14.3. The van der Waals surface area contributed by atoms with E-state index in [1.807, 2.05) is 4.90 Å². The topological polar surface area (TPSA) is 102 Å². The highest BCUT2D eigenvalue weighted by Gasteiger charge is 2.09. The van der Waals surface area contributed by atoms with Crippen molar-refractivity contribution in [3.05, 3.63) is 34.3 Å². The van der Waals surface area contributed by atoms with Crippen molar-refractivity contribution < 1.29 is 15.4 Å². The van der Waals surface area contributed by atoms with E-state index in [0.717, 1.165) is 5.56 Å². The van der Waals surface area contributed by atoms with Crippen LogP contribution in [0, 0.1) is 0 Å². The number of benzene rings is 1. The Morgan fingerprint density at radius 1 is 1.26 bits per heavy atom. The molecule has 0 fully saturated rings. The molecule has 0 bridgehead atoms. The molecule has 0 radical (unpaired) electrons. The van der Waals surface area contributed by atoms with Crippen molar-refractivity contribution in [1.82, 2.24) is 4.90 Å². The second-order valence-electron chi connectivity index (χ2n) is 4.01. The summed E-state index contributed by atoms with van der Waals surface area (Å²) in [5, 5.41) is 29.9. The summed E-state index contributed by atoms with van der Waals surface area (Å²) in [5.41, 5.74) is 6.85. The molecule has 1 aromatic rings. The van der Waals surface area contributed by atoms with Gasteiger partial charge in [-0.05, 0) is 11.6 Å². The number of hydrogen-bond donors (Lipinski definition) is 4. The van der Waals surface area contributed by atoms with Gasteiger partial charge < -0.3 is 21.2 Å². The van der Waals surface area contributed by atoms with E-state index in [9.17, 15) is 0 Å². The van der Waals surface area contributed by atoms with Gasteiger partial charge in [0.15, 0.2) is 5.84 Å². The molecule has 1 rings (SSSR count). The normalized spacial score (nSPS) is 12.1. The minimum absolute atomic E-state index is 0.00368. The Bertz CT molecular complexity index is 434. The van der Waals surface area contributed by atoms with Gasteiger partial charge in [-0.2, -0.15) is 0 Å². The molecule has 0 aromatic heterocycles. The number of amidine groups is 1. The minimum atomic E-state index is -0.00368. The van der Waals surface area contributed by atoms with Gasteiger partial charge in [-0.15, -0.1) is 0 Å². The van der Waals surface area contributed by atoms with Gasteiger partial charge in [0, 0.05) is 30.2 Å². The second-order valence-corrected chi connectivity index (χ2v) is 4.42. The number of oxime groups is 1. The van der Waals surface area contributed by atoms with E-state index in [0.29, 0.717) is 30.2 Å². The molecule has 106 valence electrons. The summed E-state index contributed by atoms with van der Waals surface area (Å²) in [5.74, 6) is -0.00368. The third-order valence-electron chi connectivity index (χ3n) is 2.68. The summed E-state index contributed by atoms with van der Waals surface area (Å²) in [6, 6.07) is 5.09. The van der Waals surface area contributed by atoms with Gasteiger partial charge in [0.2, 0.25) is 0 Å². The molecule has 0 aliphatic heterocycles. The second kappa shape index (κ2) is 7.96. The van der Waals surface area contributed by atoms with E-state index in [4.69, 9.17) is 32.8 Å². The number of aliphatic hydroxyl groups is 2. The number of halogens is 1. The van der Waals surface area contributed by atoms with Crippen LogP contribution >= 0.6 is 11.6 Å². The highest BCUT2D eigenvalue weighted by atomic mass is 35.5. The molecular formula is C12H18ClN3O3. The smallest absolute Gasteiger partial charge is 0.170 e. The Kier molecular flexibility index (Phi) is 6.58. The maximum atomic E-state index is 8.94. The fourth-order valence-corrected chi connectivity index (χ4v) is 1.93. The zero-order valence-electron chi connectivity index (χ0n) is 10.5. The van der Waals surface area contributed by atoms with Crippen LogP contribution in [-0.2, 0) is 6.54 Å². The SMILES string of the molecule is N/C(=N/O)c1ccc(CN(CCO)CCO)c(Cl)c1. The average molecular weight is 288 g/mol. The number of aliphatic hydroxyl groups excluding tert-OH is 2. The minimum Gasteiger partial charge on any atom is -0.409 e. The van der Waals surface area contributed by atoms with Crippen LogP contribution in [0.2, 0.25) is 5.02 Å². The van der Waals surface area contributed by atoms with Gasteiger partial charge in [0.25, 0.3) is 0 Å². The van der Waals surface area contributed by atoms with Crippen LogP contribution in [0.1, 0.15) is 11.1 Å². The van der Waals surface area contributed by atoms with Gasteiger partial charge in [0.05, 0.1) is 13.2 Å². The monoisotopic (exact) mass is 287 g/mol. The van der Waals surface area contributed by atoms with Crippen molar-refractivity contribution in [2.45, 2.75) is 6.54 Å². The summed E-state index contributed by atoms with van der Waals surface area (Å²) in [6.45, 7) is 1.45. The maximum absolute atomic E-state index is 8.94. The Morgan fingerprint density at radius 2 is 1.89 bits per heavy atom. The summed E-state index contributed by atoms with van der Waals surface area (Å²) in [4.78, 5) is 1.88. The summed E-state index contributed by atoms with van der Waals surface area (Å²) in [6.07, 6.45) is 0. The number of rotatable bonds is 7. The number of hydrogen-bond acceptors (Lipinski definition) is 5. The van der Waals surface area contributed by atoms with E-state index in [1.54, 1.807) is 18.2 Å². The fourth-order valence-electron chi connectivity index (χ4n) is 1.69. The highest BCUT2D eigenvalue weighted by molar-refractivity contribution is 6.31. The van der Waals surface area contributed by atoms with Crippen molar-refractivity contribution in [3.63, 3.8) is 0 Å². The molecular weight excluding hydrogens is 270 g/mol. The Balaban J connectivity index is 2.83. The van der Waals surface area contributed by atoms with Crippen LogP contribution in [0.5, 0.6) is 0 Å². The molecule has 0 unspecified atom stereocenters. The zero-order valence-corrected chi connectivity index (χ0v) is 11.2. The predicted octanol–water partition coefficient (Wildman–Crippen LogP) is 0.221. The first-order valence-electron chi connectivity index (χ1n) is 5.82. The molecule has 7 heteroatoms. The van der Waals surface area contributed by atoms with Gasteiger partial charge in [0.1, 0.15) is 0 Å². The fraction of sp³-hybridized carbons (Fsp3) is 0.417. The van der Waals surface area contributed by atoms with Crippen molar-refractivity contribution in [3.8, 4) is 0 Å². The van der Waals surface area contributed by atoms with Crippen molar-refractivity contribution >= 4 is 17.4 Å². The van der Waals surface area contributed by atoms with Gasteiger partial charge in [-0.3, -0.25) is 4.90 Å². The summed E-state index contributed by atoms with van der Waals surface area (Å²) >= 11 is 6.13. The molecule has 5 N–H and O–H groups in total. The molecule has 6 nitrogen and oxygen atoms in total. The quantitative estimate of drug-likeness (QED) is 0.249. The number of nitrogens with two attached hydrogens (primary N) is 1. The third-order valence-corrected chi connectivity index (χ3v) is 3.03. The molecule has 0 aliphatic rings. The Morgan fingerprint density at radius 3 is 2.37 bits per heavy atom. The van der Waals surface area contributed by atoms with Crippen molar-refractivity contribution in [1.29, 1.82) is 0 Å². The van der Waals surface area contributed by atoms with E-state index < -0.39 is 0 Å². The van der Waals surface area contributed by atoms with E-state index in [1.165, 1.54) is 0 Å². The first-order valence-corrected chi connectivity index (χ1v) is 6.20. The molecule has 0 atom stereocenters. The molecule has 0 amide bonds. The van der Waals surface area contributed by atoms with E-state index in [-0.39, 0.29) is 19.0 Å². The third kappa shape index (κ3) is 4.68. The molecule has 0 saturated heterocycles. The van der Waals surface area contributed by atoms with Crippen LogP contribution in [0.15, 0.2) is 23.4 Å². The van der Waals surface area contributed by atoms with Gasteiger partial charge >= 0.3 is 0 Å². The van der Waals surface area contributed by atoms with Crippen molar-refractivity contribution in [2.24, 2.45) is 10.9 Å². The number of nitrogens with zero attached hydrogens (tertiary/aromatic N) is 2. The van der Waals surface area contributed by atoms with Crippen LogP contribution in [-0.4, -0.2) is 52.5 Å². The first-order chi connectivity index (χ1) is 9.12. The Labute approximate surface area is 116 Å². The predicted molar refractivity (Wildman–Crippen MR) is 73.4 cm³/mol. The first kappa shape index (κ1) is 15.7. The molecule has 19 heavy (non-hydrogen) atoms. The lowest BCUT2D eigenvalue weighted by molar-refractivity contribution is 0.156.